The van der Waals surface area contributed by atoms with Gasteiger partial charge in [0.25, 0.3) is 5.56 Å². The normalized spacial score (nSPS) is 10.9. The standard InChI is InChI=1S/C21H19ClN6O2/c1-3-24-21-26-11-14(20(29)28(21)2)16-6-4-12-10-13(5-7-15(12)27-16)30-17-8-9-25-19(23)18(17)22/h4-11H,3H2,1-2H3,(H2,23,25)(H,24,26). The fraction of sp³-hybridized carbons (Fsp3) is 0.143. The number of fused-ring (bicyclic) bond motifs is 1. The zero-order valence-corrected chi connectivity index (χ0v) is 17.1. The predicted octanol–water partition coefficient (Wildman–Crippen LogP) is 3.85. The molecule has 0 fully saturated rings. The Morgan fingerprint density at radius 3 is 2.83 bits per heavy atom. The van der Waals surface area contributed by atoms with Gasteiger partial charge in [0.1, 0.15) is 16.6 Å². The summed E-state index contributed by atoms with van der Waals surface area (Å²) < 4.78 is 7.31. The van der Waals surface area contributed by atoms with Crippen LogP contribution in [0.3, 0.4) is 0 Å². The number of halogens is 1. The zero-order chi connectivity index (χ0) is 21.3. The molecule has 0 aliphatic heterocycles. The van der Waals surface area contributed by atoms with E-state index < -0.39 is 0 Å². The number of hydrogen-bond donors (Lipinski definition) is 2. The van der Waals surface area contributed by atoms with E-state index in [0.717, 1.165) is 10.9 Å². The van der Waals surface area contributed by atoms with E-state index in [9.17, 15) is 4.79 Å². The first-order chi connectivity index (χ1) is 14.5. The van der Waals surface area contributed by atoms with E-state index >= 15 is 0 Å². The van der Waals surface area contributed by atoms with Gasteiger partial charge in [-0.1, -0.05) is 17.7 Å². The monoisotopic (exact) mass is 422 g/mol. The van der Waals surface area contributed by atoms with Crippen LogP contribution in [0.2, 0.25) is 5.02 Å². The molecule has 0 radical (unpaired) electrons. The van der Waals surface area contributed by atoms with Gasteiger partial charge in [-0.3, -0.25) is 9.36 Å². The van der Waals surface area contributed by atoms with Gasteiger partial charge >= 0.3 is 0 Å². The van der Waals surface area contributed by atoms with Crippen molar-refractivity contribution in [3.8, 4) is 22.8 Å². The number of aromatic nitrogens is 4. The third-order valence-electron chi connectivity index (χ3n) is 4.55. The van der Waals surface area contributed by atoms with Crippen molar-refractivity contribution in [2.45, 2.75) is 6.92 Å². The van der Waals surface area contributed by atoms with E-state index in [-0.39, 0.29) is 16.4 Å². The molecule has 4 rings (SSSR count). The molecule has 0 unspecified atom stereocenters. The summed E-state index contributed by atoms with van der Waals surface area (Å²) in [5.41, 5.74) is 7.25. The highest BCUT2D eigenvalue weighted by atomic mass is 35.5. The van der Waals surface area contributed by atoms with E-state index in [4.69, 9.17) is 22.1 Å². The summed E-state index contributed by atoms with van der Waals surface area (Å²) in [6, 6.07) is 10.7. The highest BCUT2D eigenvalue weighted by Gasteiger charge is 2.12. The van der Waals surface area contributed by atoms with Crippen LogP contribution in [0.25, 0.3) is 22.2 Å². The summed E-state index contributed by atoms with van der Waals surface area (Å²) in [4.78, 5) is 25.6. The molecular weight excluding hydrogens is 404 g/mol. The molecule has 30 heavy (non-hydrogen) atoms. The van der Waals surface area contributed by atoms with Crippen molar-refractivity contribution < 1.29 is 4.74 Å². The first-order valence-corrected chi connectivity index (χ1v) is 9.64. The lowest BCUT2D eigenvalue weighted by Crippen LogP contribution is -2.23. The minimum absolute atomic E-state index is 0.169. The number of nitrogens with two attached hydrogens (primary N) is 1. The Hall–Kier alpha value is -3.65. The minimum atomic E-state index is -0.169. The van der Waals surface area contributed by atoms with E-state index in [2.05, 4.69) is 20.3 Å². The molecule has 8 nitrogen and oxygen atoms in total. The lowest BCUT2D eigenvalue weighted by atomic mass is 10.1. The Bertz CT molecular complexity index is 1300. The first-order valence-electron chi connectivity index (χ1n) is 9.27. The number of pyridine rings is 2. The number of benzene rings is 1. The molecule has 0 amide bonds. The molecule has 1 aromatic carbocycles. The maximum Gasteiger partial charge on any atom is 0.264 e. The average Bonchev–Trinajstić information content (AvgIpc) is 2.75. The first kappa shape index (κ1) is 19.7. The fourth-order valence-electron chi connectivity index (χ4n) is 3.01. The number of nitrogens with one attached hydrogen (secondary N) is 1. The second-order valence-electron chi connectivity index (χ2n) is 6.55. The largest absolute Gasteiger partial charge is 0.456 e. The van der Waals surface area contributed by atoms with Crippen LogP contribution in [0.15, 0.2) is 53.6 Å². The fourth-order valence-corrected chi connectivity index (χ4v) is 3.16. The van der Waals surface area contributed by atoms with Crippen molar-refractivity contribution in [2.24, 2.45) is 7.05 Å². The molecule has 4 aromatic rings. The maximum atomic E-state index is 12.7. The van der Waals surface area contributed by atoms with Gasteiger partial charge in [0, 0.05) is 37.4 Å². The van der Waals surface area contributed by atoms with Gasteiger partial charge in [0.15, 0.2) is 5.75 Å². The third kappa shape index (κ3) is 3.65. The van der Waals surface area contributed by atoms with Crippen molar-refractivity contribution >= 4 is 34.3 Å². The number of ether oxygens (including phenoxy) is 1. The van der Waals surface area contributed by atoms with Crippen LogP contribution in [0.5, 0.6) is 11.5 Å². The van der Waals surface area contributed by atoms with Crippen molar-refractivity contribution in [3.63, 3.8) is 0 Å². The third-order valence-corrected chi connectivity index (χ3v) is 4.93. The zero-order valence-electron chi connectivity index (χ0n) is 16.4. The van der Waals surface area contributed by atoms with E-state index in [0.29, 0.717) is 35.2 Å². The lowest BCUT2D eigenvalue weighted by molar-refractivity contribution is 0.483. The molecular formula is C21H19ClN6O2. The van der Waals surface area contributed by atoms with Crippen molar-refractivity contribution in [3.05, 3.63) is 64.2 Å². The van der Waals surface area contributed by atoms with Gasteiger partial charge in [0.05, 0.1) is 16.8 Å². The highest BCUT2D eigenvalue weighted by molar-refractivity contribution is 6.34. The van der Waals surface area contributed by atoms with E-state index in [1.165, 1.54) is 10.8 Å². The number of rotatable bonds is 5. The molecule has 3 aromatic heterocycles. The van der Waals surface area contributed by atoms with Crippen molar-refractivity contribution in [2.75, 3.05) is 17.6 Å². The van der Waals surface area contributed by atoms with Crippen LogP contribution in [0.4, 0.5) is 11.8 Å². The van der Waals surface area contributed by atoms with Gasteiger partial charge in [-0.25, -0.2) is 15.0 Å². The van der Waals surface area contributed by atoms with Crippen LogP contribution in [0.1, 0.15) is 6.92 Å². The molecule has 9 heteroatoms. The van der Waals surface area contributed by atoms with Crippen LogP contribution in [0, 0.1) is 0 Å². The lowest BCUT2D eigenvalue weighted by Gasteiger charge is -2.11. The topological polar surface area (TPSA) is 108 Å². The average molecular weight is 423 g/mol. The number of nitrogen functional groups attached to an aromatic ring is 1. The quantitative estimate of drug-likeness (QED) is 0.502. The molecule has 0 aliphatic rings. The van der Waals surface area contributed by atoms with Gasteiger partial charge in [-0.15, -0.1) is 0 Å². The molecule has 0 bridgehead atoms. The summed E-state index contributed by atoms with van der Waals surface area (Å²) in [5, 5.41) is 4.16. The second-order valence-corrected chi connectivity index (χ2v) is 6.93. The summed E-state index contributed by atoms with van der Waals surface area (Å²) in [5.74, 6) is 1.72. The summed E-state index contributed by atoms with van der Waals surface area (Å²) in [7, 11) is 1.68. The molecule has 0 aliphatic carbocycles. The van der Waals surface area contributed by atoms with Crippen molar-refractivity contribution in [1.29, 1.82) is 0 Å². The van der Waals surface area contributed by atoms with E-state index in [1.54, 1.807) is 31.4 Å². The number of anilines is 2. The van der Waals surface area contributed by atoms with Crippen LogP contribution in [-0.4, -0.2) is 26.1 Å². The SMILES string of the molecule is CCNc1ncc(-c2ccc3cc(Oc4ccnc(N)c4Cl)ccc3n2)c(=O)n1C. The van der Waals surface area contributed by atoms with Gasteiger partial charge < -0.3 is 15.8 Å². The summed E-state index contributed by atoms with van der Waals surface area (Å²) in [6.07, 6.45) is 3.07. The van der Waals surface area contributed by atoms with Crippen LogP contribution < -0.4 is 21.3 Å². The van der Waals surface area contributed by atoms with Gasteiger partial charge in [-0.2, -0.15) is 0 Å². The molecule has 0 spiro atoms. The highest BCUT2D eigenvalue weighted by Crippen LogP contribution is 2.33. The summed E-state index contributed by atoms with van der Waals surface area (Å²) in [6.45, 7) is 2.62. The maximum absolute atomic E-state index is 12.7. The Balaban J connectivity index is 1.68. The van der Waals surface area contributed by atoms with Gasteiger partial charge in [0.2, 0.25) is 5.95 Å². The molecule has 0 saturated carbocycles. The molecule has 3 N–H and O–H groups in total. The van der Waals surface area contributed by atoms with Crippen LogP contribution in [-0.2, 0) is 7.05 Å². The molecule has 152 valence electrons. The Morgan fingerprint density at radius 1 is 1.20 bits per heavy atom. The Kier molecular flexibility index (Phi) is 5.24. The predicted molar refractivity (Wildman–Crippen MR) is 118 cm³/mol. The smallest absolute Gasteiger partial charge is 0.264 e. The van der Waals surface area contributed by atoms with Crippen LogP contribution >= 0.6 is 11.6 Å². The van der Waals surface area contributed by atoms with Gasteiger partial charge in [-0.05, 0) is 31.2 Å². The molecule has 3 heterocycles. The second kappa shape index (κ2) is 8.00. The van der Waals surface area contributed by atoms with E-state index in [1.807, 2.05) is 25.1 Å². The Labute approximate surface area is 177 Å². The number of nitrogens with zero attached hydrogens (tertiary/aromatic N) is 4. The molecule has 0 atom stereocenters. The summed E-state index contributed by atoms with van der Waals surface area (Å²) >= 11 is 6.14. The Morgan fingerprint density at radius 2 is 2.03 bits per heavy atom. The molecule has 0 saturated heterocycles. The minimum Gasteiger partial charge on any atom is -0.456 e. The number of hydrogen-bond acceptors (Lipinski definition) is 7. The van der Waals surface area contributed by atoms with Crippen molar-refractivity contribution in [1.82, 2.24) is 19.5 Å².